The molecule has 110 valence electrons. The second-order valence-corrected chi connectivity index (χ2v) is 5.78. The molecule has 2 aliphatic heterocycles. The average Bonchev–Trinajstić information content (AvgIpc) is 2.88. The van der Waals surface area contributed by atoms with Crippen LogP contribution >= 0.6 is 0 Å². The molecule has 0 amide bonds. The third kappa shape index (κ3) is 2.57. The maximum absolute atomic E-state index is 13.8. The number of halogens is 2. The van der Waals surface area contributed by atoms with Gasteiger partial charge in [-0.05, 0) is 37.0 Å². The molecule has 1 spiro atoms. The van der Waals surface area contributed by atoms with Crippen LogP contribution in [0.2, 0.25) is 0 Å². The van der Waals surface area contributed by atoms with Crippen LogP contribution in [0, 0.1) is 17.6 Å². The van der Waals surface area contributed by atoms with Crippen LogP contribution < -0.4 is 5.73 Å². The predicted octanol–water partition coefficient (Wildman–Crippen LogP) is 2.55. The van der Waals surface area contributed by atoms with E-state index in [0.29, 0.717) is 19.8 Å². The molecule has 20 heavy (non-hydrogen) atoms. The highest BCUT2D eigenvalue weighted by atomic mass is 19.1. The fourth-order valence-corrected chi connectivity index (χ4v) is 3.26. The molecule has 0 aliphatic carbocycles. The molecule has 3 atom stereocenters. The Bertz CT molecular complexity index is 489. The minimum Gasteiger partial charge on any atom is -0.378 e. The average molecular weight is 283 g/mol. The lowest BCUT2D eigenvalue weighted by atomic mass is 9.79. The van der Waals surface area contributed by atoms with Crippen molar-refractivity contribution in [2.45, 2.75) is 30.9 Å². The second-order valence-electron chi connectivity index (χ2n) is 5.78. The number of hydrogen-bond donors (Lipinski definition) is 1. The Labute approximate surface area is 117 Å². The lowest BCUT2D eigenvalue weighted by molar-refractivity contribution is -0.101. The summed E-state index contributed by atoms with van der Waals surface area (Å²) < 4.78 is 38.4. The van der Waals surface area contributed by atoms with Gasteiger partial charge in [-0.15, -0.1) is 0 Å². The van der Waals surface area contributed by atoms with Crippen molar-refractivity contribution >= 4 is 0 Å². The normalized spacial score (nSPS) is 31.6. The molecular formula is C15H19F2NO2. The molecule has 3 unspecified atom stereocenters. The number of rotatable bonds is 2. The molecule has 1 aromatic rings. The first-order valence-corrected chi connectivity index (χ1v) is 7.02. The molecule has 3 rings (SSSR count). The van der Waals surface area contributed by atoms with Crippen LogP contribution in [0.25, 0.3) is 0 Å². The molecule has 2 saturated heterocycles. The monoisotopic (exact) mass is 283 g/mol. The Morgan fingerprint density at radius 3 is 2.90 bits per heavy atom. The van der Waals surface area contributed by atoms with E-state index in [0.717, 1.165) is 31.4 Å². The van der Waals surface area contributed by atoms with Gasteiger partial charge in [-0.3, -0.25) is 0 Å². The molecule has 0 saturated carbocycles. The van der Waals surface area contributed by atoms with E-state index < -0.39 is 17.7 Å². The van der Waals surface area contributed by atoms with Gasteiger partial charge in [0.15, 0.2) is 0 Å². The highest BCUT2D eigenvalue weighted by Crippen LogP contribution is 2.40. The Morgan fingerprint density at radius 2 is 2.15 bits per heavy atom. The zero-order chi connectivity index (χ0) is 14.2. The first-order chi connectivity index (χ1) is 9.60. The van der Waals surface area contributed by atoms with E-state index in [1.54, 1.807) is 0 Å². The summed E-state index contributed by atoms with van der Waals surface area (Å²) in [5.74, 6) is -0.813. The molecule has 2 heterocycles. The van der Waals surface area contributed by atoms with Crippen molar-refractivity contribution in [3.8, 4) is 0 Å². The van der Waals surface area contributed by atoms with Crippen LogP contribution in [0.1, 0.15) is 30.9 Å². The molecule has 3 nitrogen and oxygen atoms in total. The van der Waals surface area contributed by atoms with Gasteiger partial charge in [0, 0.05) is 31.2 Å². The summed E-state index contributed by atoms with van der Waals surface area (Å²) in [6, 6.07) is 2.94. The van der Waals surface area contributed by atoms with E-state index in [-0.39, 0.29) is 17.1 Å². The first-order valence-electron chi connectivity index (χ1n) is 7.02. The highest BCUT2D eigenvalue weighted by Gasteiger charge is 2.42. The number of ether oxygens (including phenoxy) is 2. The summed E-state index contributed by atoms with van der Waals surface area (Å²) in [6.07, 6.45) is 2.35. The Kier molecular flexibility index (Phi) is 3.75. The molecule has 5 heteroatoms. The summed E-state index contributed by atoms with van der Waals surface area (Å²) in [7, 11) is 0. The molecule has 2 N–H and O–H groups in total. The highest BCUT2D eigenvalue weighted by molar-refractivity contribution is 5.23. The second kappa shape index (κ2) is 5.39. The Hall–Kier alpha value is -1.04. The van der Waals surface area contributed by atoms with Gasteiger partial charge in [0.25, 0.3) is 0 Å². The van der Waals surface area contributed by atoms with Crippen LogP contribution in [0.4, 0.5) is 8.78 Å². The van der Waals surface area contributed by atoms with Crippen molar-refractivity contribution < 1.29 is 18.3 Å². The van der Waals surface area contributed by atoms with Crippen molar-refractivity contribution in [2.75, 3.05) is 19.8 Å². The van der Waals surface area contributed by atoms with Gasteiger partial charge >= 0.3 is 0 Å². The van der Waals surface area contributed by atoms with Crippen LogP contribution in [0.3, 0.4) is 0 Å². The van der Waals surface area contributed by atoms with Gasteiger partial charge in [-0.1, -0.05) is 0 Å². The smallest absolute Gasteiger partial charge is 0.128 e. The van der Waals surface area contributed by atoms with E-state index in [1.807, 2.05) is 0 Å². The fraction of sp³-hybridized carbons (Fsp3) is 0.600. The standard InChI is InChI=1S/C15H19F2NO2/c16-11-1-2-13(17)12(7-11)14(18)10-3-5-20-15(8-10)4-6-19-9-15/h1-2,7,10,14H,3-6,8-9,18H2. The van der Waals surface area contributed by atoms with Crippen molar-refractivity contribution in [3.05, 3.63) is 35.4 Å². The predicted molar refractivity (Wildman–Crippen MR) is 70.1 cm³/mol. The molecular weight excluding hydrogens is 264 g/mol. The van der Waals surface area contributed by atoms with E-state index in [4.69, 9.17) is 15.2 Å². The summed E-state index contributed by atoms with van der Waals surface area (Å²) in [5, 5.41) is 0. The van der Waals surface area contributed by atoms with Gasteiger partial charge in [-0.25, -0.2) is 8.78 Å². The molecule has 0 radical (unpaired) electrons. The van der Waals surface area contributed by atoms with Gasteiger partial charge in [0.1, 0.15) is 11.6 Å². The summed E-state index contributed by atoms with van der Waals surface area (Å²) in [6.45, 7) is 1.86. The Morgan fingerprint density at radius 1 is 1.30 bits per heavy atom. The molecule has 2 fully saturated rings. The van der Waals surface area contributed by atoms with Crippen LogP contribution in [0.5, 0.6) is 0 Å². The van der Waals surface area contributed by atoms with Crippen LogP contribution in [-0.4, -0.2) is 25.4 Å². The number of benzene rings is 1. The minimum absolute atomic E-state index is 0.0850. The largest absolute Gasteiger partial charge is 0.378 e. The van der Waals surface area contributed by atoms with Crippen molar-refractivity contribution in [2.24, 2.45) is 11.7 Å². The summed E-state index contributed by atoms with van der Waals surface area (Å²) >= 11 is 0. The maximum Gasteiger partial charge on any atom is 0.128 e. The molecule has 0 aromatic heterocycles. The van der Waals surface area contributed by atoms with Crippen LogP contribution in [-0.2, 0) is 9.47 Å². The van der Waals surface area contributed by atoms with Gasteiger partial charge in [-0.2, -0.15) is 0 Å². The summed E-state index contributed by atoms with van der Waals surface area (Å²) in [4.78, 5) is 0. The van der Waals surface area contributed by atoms with E-state index >= 15 is 0 Å². The number of nitrogens with two attached hydrogens (primary N) is 1. The third-order valence-corrected chi connectivity index (χ3v) is 4.42. The lowest BCUT2D eigenvalue weighted by Gasteiger charge is -2.39. The lowest BCUT2D eigenvalue weighted by Crippen LogP contribution is -2.43. The maximum atomic E-state index is 13.8. The van der Waals surface area contributed by atoms with E-state index in [9.17, 15) is 8.78 Å². The van der Waals surface area contributed by atoms with Crippen LogP contribution in [0.15, 0.2) is 18.2 Å². The third-order valence-electron chi connectivity index (χ3n) is 4.42. The minimum atomic E-state index is -0.507. The van der Waals surface area contributed by atoms with Gasteiger partial charge < -0.3 is 15.2 Å². The van der Waals surface area contributed by atoms with Crippen molar-refractivity contribution in [1.29, 1.82) is 0 Å². The van der Waals surface area contributed by atoms with Gasteiger partial charge in [0.05, 0.1) is 12.2 Å². The van der Waals surface area contributed by atoms with E-state index in [1.165, 1.54) is 6.07 Å². The van der Waals surface area contributed by atoms with Crippen molar-refractivity contribution in [1.82, 2.24) is 0 Å². The zero-order valence-electron chi connectivity index (χ0n) is 11.3. The molecule has 1 aromatic carbocycles. The van der Waals surface area contributed by atoms with Crippen molar-refractivity contribution in [3.63, 3.8) is 0 Å². The quantitative estimate of drug-likeness (QED) is 0.907. The van der Waals surface area contributed by atoms with E-state index in [2.05, 4.69) is 0 Å². The first kappa shape index (κ1) is 13.9. The SMILES string of the molecule is NC(c1cc(F)ccc1F)C1CCOC2(CCOC2)C1. The summed E-state index contributed by atoms with van der Waals surface area (Å²) in [5.41, 5.74) is 6.17. The van der Waals surface area contributed by atoms with Gasteiger partial charge in [0.2, 0.25) is 0 Å². The fourth-order valence-electron chi connectivity index (χ4n) is 3.26. The molecule has 2 aliphatic rings. The topological polar surface area (TPSA) is 44.5 Å². The number of hydrogen-bond acceptors (Lipinski definition) is 3. The molecule has 0 bridgehead atoms. The zero-order valence-corrected chi connectivity index (χ0v) is 11.3. The Balaban J connectivity index is 1.79.